The van der Waals surface area contributed by atoms with E-state index in [4.69, 9.17) is 4.74 Å². The Labute approximate surface area is 147 Å². The summed E-state index contributed by atoms with van der Waals surface area (Å²) in [6, 6.07) is 1.64. The average Bonchev–Trinajstić information content (AvgIpc) is 2.57. The van der Waals surface area contributed by atoms with Gasteiger partial charge in [-0.1, -0.05) is 27.7 Å². The fraction of sp³-hybridized carbons (Fsp3) is 0.500. The summed E-state index contributed by atoms with van der Waals surface area (Å²) in [5, 5.41) is 20.9. The van der Waals surface area contributed by atoms with Gasteiger partial charge in [-0.05, 0) is 30.6 Å². The molecule has 0 aromatic heterocycles. The molecule has 0 spiro atoms. The number of allylic oxidation sites excluding steroid dienone is 1. The maximum atomic E-state index is 12.9. The number of aromatic hydroxyl groups is 2. The number of hydrogen-bond acceptors (Lipinski definition) is 5. The predicted octanol–water partition coefficient (Wildman–Crippen LogP) is 3.62. The van der Waals surface area contributed by atoms with Crippen molar-refractivity contribution in [2.75, 3.05) is 0 Å². The van der Waals surface area contributed by atoms with Crippen molar-refractivity contribution in [3.05, 3.63) is 34.4 Å². The zero-order chi connectivity index (χ0) is 18.7. The molecule has 0 amide bonds. The van der Waals surface area contributed by atoms with E-state index in [-0.39, 0.29) is 42.0 Å². The van der Waals surface area contributed by atoms with Gasteiger partial charge in [0.2, 0.25) is 0 Å². The molecule has 0 saturated carbocycles. The van der Waals surface area contributed by atoms with Crippen molar-refractivity contribution in [3.63, 3.8) is 0 Å². The SMILES string of the molecule is CC(C)c1cc2c(c(O)c1O)C[C@@]1(C)OC(=O)CC(C)(C)C1=CC2=O. The van der Waals surface area contributed by atoms with Gasteiger partial charge in [-0.25, -0.2) is 0 Å². The van der Waals surface area contributed by atoms with Crippen LogP contribution in [0.15, 0.2) is 17.7 Å². The van der Waals surface area contributed by atoms with Crippen LogP contribution in [0.25, 0.3) is 0 Å². The zero-order valence-corrected chi connectivity index (χ0v) is 15.3. The van der Waals surface area contributed by atoms with Crippen LogP contribution in [0.4, 0.5) is 0 Å². The largest absolute Gasteiger partial charge is 0.504 e. The number of benzene rings is 1. The van der Waals surface area contributed by atoms with E-state index in [1.807, 2.05) is 27.7 Å². The Morgan fingerprint density at radius 2 is 1.72 bits per heavy atom. The van der Waals surface area contributed by atoms with Crippen LogP contribution < -0.4 is 0 Å². The van der Waals surface area contributed by atoms with Gasteiger partial charge in [0.1, 0.15) is 5.60 Å². The van der Waals surface area contributed by atoms with Crippen LogP contribution in [0.5, 0.6) is 11.5 Å². The van der Waals surface area contributed by atoms with Crippen molar-refractivity contribution < 1.29 is 24.5 Å². The molecule has 5 heteroatoms. The molecule has 3 rings (SSSR count). The van der Waals surface area contributed by atoms with Crippen molar-refractivity contribution in [1.82, 2.24) is 0 Å². The Bertz CT molecular complexity index is 816. The van der Waals surface area contributed by atoms with Crippen molar-refractivity contribution in [3.8, 4) is 11.5 Å². The lowest BCUT2D eigenvalue weighted by molar-refractivity contribution is -0.163. The molecule has 1 saturated heterocycles. The van der Waals surface area contributed by atoms with Gasteiger partial charge in [0.25, 0.3) is 0 Å². The fourth-order valence-corrected chi connectivity index (χ4v) is 4.10. The number of esters is 1. The van der Waals surface area contributed by atoms with Gasteiger partial charge in [-0.2, -0.15) is 0 Å². The standard InChI is InChI=1S/C20H24O5/c1-10(2)11-6-12-13(18(24)17(11)23)8-20(5)15(7-14(12)21)19(3,4)9-16(22)25-20/h6-7,10,23-24H,8-9H2,1-5H3/t20-/m1/s1. The molecule has 1 heterocycles. The number of rotatable bonds is 1. The number of phenolic OH excluding ortho intramolecular Hbond substituents is 2. The quantitative estimate of drug-likeness (QED) is 0.600. The first-order chi connectivity index (χ1) is 11.5. The van der Waals surface area contributed by atoms with Gasteiger partial charge in [-0.15, -0.1) is 0 Å². The third-order valence-corrected chi connectivity index (χ3v) is 5.31. The second-order valence-electron chi connectivity index (χ2n) is 8.21. The molecule has 0 unspecified atom stereocenters. The van der Waals surface area contributed by atoms with Gasteiger partial charge in [0.15, 0.2) is 17.3 Å². The van der Waals surface area contributed by atoms with Crippen LogP contribution in [-0.2, 0) is 16.0 Å². The lowest BCUT2D eigenvalue weighted by atomic mass is 9.70. The molecule has 1 aromatic carbocycles. The summed E-state index contributed by atoms with van der Waals surface area (Å²) >= 11 is 0. The number of ketones is 1. The van der Waals surface area contributed by atoms with Gasteiger partial charge < -0.3 is 14.9 Å². The molecule has 134 valence electrons. The average molecular weight is 344 g/mol. The maximum absolute atomic E-state index is 12.9. The van der Waals surface area contributed by atoms with E-state index in [1.54, 1.807) is 19.1 Å². The first-order valence-electron chi connectivity index (χ1n) is 8.53. The summed E-state index contributed by atoms with van der Waals surface area (Å²) in [5.74, 6) is -1.13. The molecule has 1 aliphatic heterocycles. The van der Waals surface area contributed by atoms with E-state index in [9.17, 15) is 19.8 Å². The molecular weight excluding hydrogens is 320 g/mol. The summed E-state index contributed by atoms with van der Waals surface area (Å²) in [6.07, 6.45) is 1.89. The number of hydrogen-bond donors (Lipinski definition) is 2. The highest BCUT2D eigenvalue weighted by atomic mass is 16.6. The van der Waals surface area contributed by atoms with Crippen LogP contribution in [-0.4, -0.2) is 27.6 Å². The smallest absolute Gasteiger partial charge is 0.307 e. The Kier molecular flexibility index (Phi) is 3.75. The molecule has 1 atom stereocenters. The van der Waals surface area contributed by atoms with Crippen LogP contribution in [0, 0.1) is 5.41 Å². The zero-order valence-electron chi connectivity index (χ0n) is 15.3. The first kappa shape index (κ1) is 17.5. The highest BCUT2D eigenvalue weighted by Crippen LogP contribution is 2.50. The molecule has 0 bridgehead atoms. The Morgan fingerprint density at radius 3 is 2.32 bits per heavy atom. The van der Waals surface area contributed by atoms with Gasteiger partial charge in [0.05, 0.1) is 6.42 Å². The summed E-state index contributed by atoms with van der Waals surface area (Å²) in [6.45, 7) is 9.35. The first-order valence-corrected chi connectivity index (χ1v) is 8.53. The molecule has 0 radical (unpaired) electrons. The Morgan fingerprint density at radius 1 is 1.08 bits per heavy atom. The highest BCUT2D eigenvalue weighted by Gasteiger charge is 2.49. The van der Waals surface area contributed by atoms with Crippen molar-refractivity contribution in [2.45, 2.75) is 59.0 Å². The third kappa shape index (κ3) is 2.62. The van der Waals surface area contributed by atoms with E-state index >= 15 is 0 Å². The Balaban J connectivity index is 2.26. The minimum absolute atomic E-state index is 0.0490. The molecule has 1 fully saturated rings. The van der Waals surface area contributed by atoms with E-state index in [0.717, 1.165) is 5.57 Å². The second kappa shape index (κ2) is 5.35. The van der Waals surface area contributed by atoms with Crippen LogP contribution in [0.1, 0.15) is 68.4 Å². The molecule has 25 heavy (non-hydrogen) atoms. The Hall–Kier alpha value is -2.30. The predicted molar refractivity (Wildman–Crippen MR) is 92.9 cm³/mol. The topological polar surface area (TPSA) is 83.8 Å². The van der Waals surface area contributed by atoms with Crippen LogP contribution in [0.2, 0.25) is 0 Å². The normalized spacial score (nSPS) is 25.0. The van der Waals surface area contributed by atoms with Gasteiger partial charge >= 0.3 is 5.97 Å². The molecule has 2 aliphatic rings. The highest BCUT2D eigenvalue weighted by molar-refractivity contribution is 6.08. The summed E-state index contributed by atoms with van der Waals surface area (Å²) < 4.78 is 5.62. The number of fused-ring (bicyclic) bond motifs is 2. The molecule has 1 aliphatic carbocycles. The molecule has 5 nitrogen and oxygen atoms in total. The molecule has 1 aromatic rings. The number of carbonyl (C=O) groups excluding carboxylic acids is 2. The van der Waals surface area contributed by atoms with E-state index in [1.165, 1.54) is 0 Å². The maximum Gasteiger partial charge on any atom is 0.307 e. The summed E-state index contributed by atoms with van der Waals surface area (Å²) in [7, 11) is 0. The summed E-state index contributed by atoms with van der Waals surface area (Å²) in [4.78, 5) is 25.0. The minimum Gasteiger partial charge on any atom is -0.504 e. The van der Waals surface area contributed by atoms with Crippen LogP contribution in [0.3, 0.4) is 0 Å². The number of ether oxygens (including phenoxy) is 1. The number of carbonyl (C=O) groups is 2. The summed E-state index contributed by atoms with van der Waals surface area (Å²) in [5.41, 5.74) is 0.406. The molecule has 2 N–H and O–H groups in total. The van der Waals surface area contributed by atoms with Crippen molar-refractivity contribution in [2.24, 2.45) is 5.41 Å². The lowest BCUT2D eigenvalue weighted by Gasteiger charge is -2.44. The van der Waals surface area contributed by atoms with Crippen molar-refractivity contribution in [1.29, 1.82) is 0 Å². The van der Waals surface area contributed by atoms with E-state index < -0.39 is 11.0 Å². The third-order valence-electron chi connectivity index (χ3n) is 5.31. The molecular formula is C20H24O5. The lowest BCUT2D eigenvalue weighted by Crippen LogP contribution is -2.47. The fourth-order valence-electron chi connectivity index (χ4n) is 4.10. The van der Waals surface area contributed by atoms with Crippen molar-refractivity contribution >= 4 is 11.8 Å². The van der Waals surface area contributed by atoms with Gasteiger partial charge in [-0.3, -0.25) is 9.59 Å². The monoisotopic (exact) mass is 344 g/mol. The van der Waals surface area contributed by atoms with Crippen LogP contribution >= 0.6 is 0 Å². The second-order valence-corrected chi connectivity index (χ2v) is 8.21. The minimum atomic E-state index is -1.02. The van der Waals surface area contributed by atoms with E-state index in [2.05, 4.69) is 0 Å². The number of phenols is 2. The van der Waals surface area contributed by atoms with Gasteiger partial charge in [0, 0.05) is 28.5 Å². The van der Waals surface area contributed by atoms with E-state index in [0.29, 0.717) is 16.7 Å².